The summed E-state index contributed by atoms with van der Waals surface area (Å²) in [6, 6.07) is 5.72. The molecule has 0 amide bonds. The summed E-state index contributed by atoms with van der Waals surface area (Å²) in [4.78, 5) is 3.78. The SMILES string of the molecule is CCOC(C)=S.c1ccncc1. The molecule has 1 rings (SSSR count). The van der Waals surface area contributed by atoms with E-state index >= 15 is 0 Å². The van der Waals surface area contributed by atoms with Crippen molar-refractivity contribution < 1.29 is 4.74 Å². The molecule has 0 unspecified atom stereocenters. The minimum Gasteiger partial charge on any atom is -0.488 e. The van der Waals surface area contributed by atoms with E-state index in [9.17, 15) is 0 Å². The van der Waals surface area contributed by atoms with Gasteiger partial charge in [0.25, 0.3) is 0 Å². The molecule has 0 aliphatic heterocycles. The number of thiocarbonyl (C=S) groups is 1. The van der Waals surface area contributed by atoms with E-state index in [0.717, 1.165) is 0 Å². The van der Waals surface area contributed by atoms with E-state index in [2.05, 4.69) is 17.2 Å². The maximum atomic E-state index is 4.77. The van der Waals surface area contributed by atoms with Crippen molar-refractivity contribution in [2.75, 3.05) is 6.61 Å². The first-order chi connectivity index (χ1) is 5.77. The van der Waals surface area contributed by atoms with Crippen LogP contribution in [-0.2, 0) is 4.74 Å². The zero-order valence-corrected chi connectivity index (χ0v) is 8.17. The number of pyridine rings is 1. The van der Waals surface area contributed by atoms with Crippen molar-refractivity contribution in [2.45, 2.75) is 13.8 Å². The van der Waals surface area contributed by atoms with Gasteiger partial charge < -0.3 is 4.74 Å². The van der Waals surface area contributed by atoms with E-state index in [4.69, 9.17) is 4.74 Å². The van der Waals surface area contributed by atoms with Gasteiger partial charge in [-0.2, -0.15) is 0 Å². The number of hydrogen-bond donors (Lipinski definition) is 0. The molecule has 2 nitrogen and oxygen atoms in total. The van der Waals surface area contributed by atoms with Gasteiger partial charge in [-0.3, -0.25) is 4.98 Å². The predicted octanol–water partition coefficient (Wildman–Crippen LogP) is 2.45. The molecule has 3 heteroatoms. The van der Waals surface area contributed by atoms with Gasteiger partial charge in [-0.15, -0.1) is 0 Å². The van der Waals surface area contributed by atoms with Gasteiger partial charge in [0.2, 0.25) is 0 Å². The van der Waals surface area contributed by atoms with Gasteiger partial charge in [-0.05, 0) is 31.3 Å². The summed E-state index contributed by atoms with van der Waals surface area (Å²) in [5.41, 5.74) is 0. The first-order valence-corrected chi connectivity index (χ1v) is 4.16. The van der Waals surface area contributed by atoms with Crippen molar-refractivity contribution in [1.82, 2.24) is 4.98 Å². The Labute approximate surface area is 78.6 Å². The highest BCUT2D eigenvalue weighted by Gasteiger charge is 1.76. The maximum Gasteiger partial charge on any atom is 0.156 e. The third-order valence-corrected chi connectivity index (χ3v) is 1.03. The zero-order valence-electron chi connectivity index (χ0n) is 7.36. The molecule has 0 saturated carbocycles. The minimum atomic E-state index is 0.623. The molecule has 0 aliphatic carbocycles. The predicted molar refractivity (Wildman–Crippen MR) is 54.1 cm³/mol. The average Bonchev–Trinajstić information content (AvgIpc) is 2.08. The van der Waals surface area contributed by atoms with Crippen molar-refractivity contribution >= 4 is 17.3 Å². The van der Waals surface area contributed by atoms with Gasteiger partial charge in [0.1, 0.15) is 0 Å². The maximum absolute atomic E-state index is 4.77. The van der Waals surface area contributed by atoms with Gasteiger partial charge in [-0.1, -0.05) is 6.07 Å². The molecule has 0 aromatic carbocycles. The summed E-state index contributed by atoms with van der Waals surface area (Å²) in [5.74, 6) is 0. The minimum absolute atomic E-state index is 0.623. The molecule has 1 aromatic rings. The van der Waals surface area contributed by atoms with Crippen LogP contribution in [0.15, 0.2) is 30.6 Å². The molecule has 0 aliphatic rings. The van der Waals surface area contributed by atoms with Crippen LogP contribution in [0.3, 0.4) is 0 Å². The highest BCUT2D eigenvalue weighted by Crippen LogP contribution is 1.75. The molecule has 0 fully saturated rings. The fourth-order valence-electron chi connectivity index (χ4n) is 0.516. The van der Waals surface area contributed by atoms with E-state index in [-0.39, 0.29) is 0 Å². The Kier molecular flexibility index (Phi) is 7.49. The number of aromatic nitrogens is 1. The second-order valence-corrected chi connectivity index (χ2v) is 2.52. The Morgan fingerprint density at radius 3 is 2.00 bits per heavy atom. The summed E-state index contributed by atoms with van der Waals surface area (Å²) in [5, 5.41) is 0.623. The summed E-state index contributed by atoms with van der Waals surface area (Å²) in [6.45, 7) is 4.37. The van der Waals surface area contributed by atoms with Crippen molar-refractivity contribution in [3.63, 3.8) is 0 Å². The Morgan fingerprint density at radius 1 is 1.33 bits per heavy atom. The highest BCUT2D eigenvalue weighted by molar-refractivity contribution is 7.80. The Balaban J connectivity index is 0.000000202. The molecular weight excluding hydrogens is 170 g/mol. The van der Waals surface area contributed by atoms with Gasteiger partial charge in [0, 0.05) is 19.3 Å². The summed E-state index contributed by atoms with van der Waals surface area (Å²) >= 11 is 4.57. The van der Waals surface area contributed by atoms with Crippen LogP contribution >= 0.6 is 12.2 Å². The summed E-state index contributed by atoms with van der Waals surface area (Å²) in [6.07, 6.45) is 3.50. The van der Waals surface area contributed by atoms with Crippen LogP contribution in [0.1, 0.15) is 13.8 Å². The molecule has 1 aromatic heterocycles. The van der Waals surface area contributed by atoms with E-state index in [0.29, 0.717) is 11.7 Å². The van der Waals surface area contributed by atoms with E-state index < -0.39 is 0 Å². The van der Waals surface area contributed by atoms with Crippen molar-refractivity contribution in [3.05, 3.63) is 30.6 Å². The first kappa shape index (κ1) is 11.0. The standard InChI is InChI=1S/C5H5N.C4H8OS/c1-2-4-6-5-3-1;1-3-5-4(2)6/h1-5H;3H2,1-2H3. The smallest absolute Gasteiger partial charge is 0.156 e. The number of rotatable bonds is 1. The Bertz CT molecular complexity index is 174. The summed E-state index contributed by atoms with van der Waals surface area (Å²) in [7, 11) is 0. The van der Waals surface area contributed by atoms with Crippen molar-refractivity contribution in [3.8, 4) is 0 Å². The van der Waals surface area contributed by atoms with Gasteiger partial charge in [0.05, 0.1) is 6.61 Å². The van der Waals surface area contributed by atoms with Gasteiger partial charge in [0.15, 0.2) is 5.05 Å². The lowest BCUT2D eigenvalue weighted by Crippen LogP contribution is -1.92. The molecule has 0 atom stereocenters. The van der Waals surface area contributed by atoms with Crippen LogP contribution < -0.4 is 0 Å². The second kappa shape index (κ2) is 8.14. The Morgan fingerprint density at radius 2 is 1.92 bits per heavy atom. The van der Waals surface area contributed by atoms with Crippen LogP contribution in [0, 0.1) is 0 Å². The van der Waals surface area contributed by atoms with Crippen LogP contribution in [0.5, 0.6) is 0 Å². The fourth-order valence-corrected chi connectivity index (χ4v) is 0.634. The van der Waals surface area contributed by atoms with Gasteiger partial charge >= 0.3 is 0 Å². The summed E-state index contributed by atoms with van der Waals surface area (Å²) < 4.78 is 4.77. The third-order valence-electron chi connectivity index (χ3n) is 0.914. The number of ether oxygens (including phenoxy) is 1. The number of nitrogens with zero attached hydrogens (tertiary/aromatic N) is 1. The van der Waals surface area contributed by atoms with Crippen molar-refractivity contribution in [2.24, 2.45) is 0 Å². The third kappa shape index (κ3) is 9.04. The lowest BCUT2D eigenvalue weighted by molar-refractivity contribution is 0.334. The number of hydrogen-bond acceptors (Lipinski definition) is 3. The molecule has 0 radical (unpaired) electrons. The molecule has 12 heavy (non-hydrogen) atoms. The quantitative estimate of drug-likeness (QED) is 0.624. The molecule has 0 N–H and O–H groups in total. The van der Waals surface area contributed by atoms with Crippen molar-refractivity contribution in [1.29, 1.82) is 0 Å². The van der Waals surface area contributed by atoms with Crippen LogP contribution in [-0.4, -0.2) is 16.6 Å². The second-order valence-electron chi connectivity index (χ2n) is 1.95. The zero-order chi connectivity index (χ0) is 9.23. The molecule has 1 heterocycles. The molecular formula is C9H13NOS. The highest BCUT2D eigenvalue weighted by atomic mass is 32.1. The van der Waals surface area contributed by atoms with Crippen LogP contribution in [0.2, 0.25) is 0 Å². The lowest BCUT2D eigenvalue weighted by atomic mass is 10.5. The first-order valence-electron chi connectivity index (χ1n) is 3.75. The largest absolute Gasteiger partial charge is 0.488 e. The van der Waals surface area contributed by atoms with Crippen LogP contribution in [0.4, 0.5) is 0 Å². The fraction of sp³-hybridized carbons (Fsp3) is 0.333. The van der Waals surface area contributed by atoms with E-state index in [1.807, 2.05) is 25.1 Å². The molecule has 66 valence electrons. The molecule has 0 bridgehead atoms. The lowest BCUT2D eigenvalue weighted by Gasteiger charge is -1.93. The monoisotopic (exact) mass is 183 g/mol. The molecule has 0 spiro atoms. The van der Waals surface area contributed by atoms with Gasteiger partial charge in [-0.25, -0.2) is 0 Å². The molecule has 0 saturated heterocycles. The van der Waals surface area contributed by atoms with Crippen LogP contribution in [0.25, 0.3) is 0 Å². The topological polar surface area (TPSA) is 22.1 Å². The van der Waals surface area contributed by atoms with E-state index in [1.165, 1.54) is 0 Å². The Hall–Kier alpha value is -0.960. The average molecular weight is 183 g/mol. The normalized spacial score (nSPS) is 7.83. The van der Waals surface area contributed by atoms with E-state index in [1.54, 1.807) is 19.3 Å².